The average Bonchev–Trinajstić information content (AvgIpc) is 2.91. The van der Waals surface area contributed by atoms with E-state index in [-0.39, 0.29) is 18.7 Å². The molecule has 0 aliphatic carbocycles. The van der Waals surface area contributed by atoms with Gasteiger partial charge in [0.05, 0.1) is 12.7 Å². The summed E-state index contributed by atoms with van der Waals surface area (Å²) in [6.07, 6.45) is 0.417. The molecule has 0 saturated heterocycles. The number of amides is 2. The quantitative estimate of drug-likeness (QED) is 0.503. The fraction of sp³-hybridized carbons (Fsp3) is 0.333. The number of aliphatic carboxylic acids is 2. The summed E-state index contributed by atoms with van der Waals surface area (Å²) in [6, 6.07) is 1.48. The van der Waals surface area contributed by atoms with Gasteiger partial charge in [0.2, 0.25) is 5.91 Å². The van der Waals surface area contributed by atoms with Crippen LogP contribution in [0.4, 0.5) is 0 Å². The molecule has 2 amide bonds. The normalized spacial score (nSPS) is 11.4. The molecule has 1 rings (SSSR count). The summed E-state index contributed by atoms with van der Waals surface area (Å²) in [5, 5.41) is 21.7. The molecule has 4 N–H and O–H groups in total. The highest BCUT2D eigenvalue weighted by Crippen LogP contribution is 1.99. The Labute approximate surface area is 118 Å². The molecule has 1 aromatic rings. The van der Waals surface area contributed by atoms with Gasteiger partial charge in [0.25, 0.3) is 5.91 Å². The van der Waals surface area contributed by atoms with Crippen LogP contribution in [0.2, 0.25) is 0 Å². The van der Waals surface area contributed by atoms with Crippen molar-refractivity contribution >= 4 is 23.8 Å². The van der Waals surface area contributed by atoms with E-state index in [2.05, 4.69) is 10.6 Å². The summed E-state index contributed by atoms with van der Waals surface area (Å²) in [5.41, 5.74) is 0. The van der Waals surface area contributed by atoms with E-state index in [9.17, 15) is 19.2 Å². The molecule has 0 aliphatic heterocycles. The van der Waals surface area contributed by atoms with Crippen LogP contribution in [0.3, 0.4) is 0 Å². The SMILES string of the molecule is O=C(O)C[C@@H](NC(=O)CCNC(=O)c1ccco1)C(=O)O. The first kappa shape index (κ1) is 16.2. The van der Waals surface area contributed by atoms with Gasteiger partial charge in [-0.05, 0) is 12.1 Å². The van der Waals surface area contributed by atoms with Crippen molar-refractivity contribution in [2.24, 2.45) is 0 Å². The topological polar surface area (TPSA) is 146 Å². The zero-order chi connectivity index (χ0) is 15.8. The molecule has 1 heterocycles. The lowest BCUT2D eigenvalue weighted by Crippen LogP contribution is -2.43. The molecule has 0 radical (unpaired) electrons. The number of rotatable bonds is 8. The van der Waals surface area contributed by atoms with E-state index in [1.54, 1.807) is 0 Å². The molecule has 0 aliphatic rings. The van der Waals surface area contributed by atoms with Gasteiger partial charge in [-0.25, -0.2) is 4.79 Å². The van der Waals surface area contributed by atoms with Crippen LogP contribution in [0.1, 0.15) is 23.4 Å². The third-order valence-electron chi connectivity index (χ3n) is 2.39. The first-order valence-electron chi connectivity index (χ1n) is 5.96. The molecule has 0 spiro atoms. The smallest absolute Gasteiger partial charge is 0.326 e. The van der Waals surface area contributed by atoms with E-state index in [1.165, 1.54) is 18.4 Å². The van der Waals surface area contributed by atoms with Gasteiger partial charge in [-0.15, -0.1) is 0 Å². The van der Waals surface area contributed by atoms with Crippen LogP contribution in [-0.2, 0) is 14.4 Å². The summed E-state index contributed by atoms with van der Waals surface area (Å²) in [7, 11) is 0. The largest absolute Gasteiger partial charge is 0.481 e. The highest BCUT2D eigenvalue weighted by Gasteiger charge is 2.22. The molecule has 0 bridgehead atoms. The number of carboxylic acid groups (broad SMARTS) is 2. The molecule has 1 atom stereocenters. The average molecular weight is 298 g/mol. The first-order chi connectivity index (χ1) is 9.90. The molecule has 0 saturated carbocycles. The minimum atomic E-state index is -1.50. The van der Waals surface area contributed by atoms with Gasteiger partial charge in [0, 0.05) is 13.0 Å². The summed E-state index contributed by atoms with van der Waals surface area (Å²) >= 11 is 0. The third-order valence-corrected chi connectivity index (χ3v) is 2.39. The molecular weight excluding hydrogens is 284 g/mol. The third kappa shape index (κ3) is 5.76. The fourth-order valence-corrected chi connectivity index (χ4v) is 1.43. The van der Waals surface area contributed by atoms with Gasteiger partial charge in [0.15, 0.2) is 5.76 Å². The number of hydrogen-bond donors (Lipinski definition) is 4. The predicted molar refractivity (Wildman–Crippen MR) is 67.5 cm³/mol. The van der Waals surface area contributed by atoms with E-state index < -0.39 is 36.2 Å². The zero-order valence-electron chi connectivity index (χ0n) is 10.9. The molecule has 9 heteroatoms. The lowest BCUT2D eigenvalue weighted by Gasteiger charge is -2.12. The highest BCUT2D eigenvalue weighted by molar-refractivity contribution is 5.92. The molecule has 21 heavy (non-hydrogen) atoms. The van der Waals surface area contributed by atoms with E-state index in [4.69, 9.17) is 14.6 Å². The maximum Gasteiger partial charge on any atom is 0.326 e. The van der Waals surface area contributed by atoms with Crippen LogP contribution < -0.4 is 10.6 Å². The van der Waals surface area contributed by atoms with Crippen LogP contribution in [0.25, 0.3) is 0 Å². The first-order valence-corrected chi connectivity index (χ1v) is 5.96. The minimum absolute atomic E-state index is 0.0369. The predicted octanol–water partition coefficient (Wildman–Crippen LogP) is -0.556. The second-order valence-corrected chi connectivity index (χ2v) is 4.04. The molecule has 0 fully saturated rings. The Bertz CT molecular complexity index is 524. The van der Waals surface area contributed by atoms with Gasteiger partial charge >= 0.3 is 11.9 Å². The lowest BCUT2D eigenvalue weighted by atomic mass is 10.2. The van der Waals surface area contributed by atoms with Gasteiger partial charge in [-0.2, -0.15) is 0 Å². The van der Waals surface area contributed by atoms with E-state index in [0.717, 1.165) is 0 Å². The van der Waals surface area contributed by atoms with Gasteiger partial charge in [-0.1, -0.05) is 0 Å². The Morgan fingerprint density at radius 3 is 2.48 bits per heavy atom. The van der Waals surface area contributed by atoms with Crippen LogP contribution >= 0.6 is 0 Å². The highest BCUT2D eigenvalue weighted by atomic mass is 16.4. The summed E-state index contributed by atoms with van der Waals surface area (Å²) < 4.78 is 4.84. The number of carbonyl (C=O) groups excluding carboxylic acids is 2. The van der Waals surface area contributed by atoms with Crippen molar-refractivity contribution in [3.8, 4) is 0 Å². The maximum atomic E-state index is 11.5. The van der Waals surface area contributed by atoms with Crippen LogP contribution in [0, 0.1) is 0 Å². The van der Waals surface area contributed by atoms with E-state index in [0.29, 0.717) is 0 Å². The van der Waals surface area contributed by atoms with Gasteiger partial charge in [-0.3, -0.25) is 14.4 Å². The number of carboxylic acids is 2. The van der Waals surface area contributed by atoms with Crippen LogP contribution in [-0.4, -0.2) is 46.6 Å². The van der Waals surface area contributed by atoms with Crippen molar-refractivity contribution in [2.45, 2.75) is 18.9 Å². The Kier molecular flexibility index (Phi) is 5.93. The Morgan fingerprint density at radius 1 is 1.24 bits per heavy atom. The zero-order valence-corrected chi connectivity index (χ0v) is 10.9. The number of carbonyl (C=O) groups is 4. The monoisotopic (exact) mass is 298 g/mol. The van der Waals surface area contributed by atoms with Crippen LogP contribution in [0.5, 0.6) is 0 Å². The second kappa shape index (κ2) is 7.68. The number of furan rings is 1. The molecule has 1 aromatic heterocycles. The fourth-order valence-electron chi connectivity index (χ4n) is 1.43. The molecule has 0 unspecified atom stereocenters. The number of hydrogen-bond acceptors (Lipinski definition) is 5. The standard InChI is InChI=1S/C12H14N2O7/c15-9(14-7(12(19)20)6-10(16)17)3-4-13-11(18)8-2-1-5-21-8/h1-2,5,7H,3-4,6H2,(H,13,18)(H,14,15)(H,16,17)(H,19,20)/t7-/m1/s1. The molecule has 9 nitrogen and oxygen atoms in total. The lowest BCUT2D eigenvalue weighted by molar-refractivity contribution is -0.147. The van der Waals surface area contributed by atoms with Crippen molar-refractivity contribution in [1.29, 1.82) is 0 Å². The van der Waals surface area contributed by atoms with Crippen molar-refractivity contribution < 1.29 is 33.8 Å². The van der Waals surface area contributed by atoms with E-state index in [1.807, 2.05) is 0 Å². The Balaban J connectivity index is 2.34. The van der Waals surface area contributed by atoms with Crippen molar-refractivity contribution in [3.63, 3.8) is 0 Å². The summed E-state index contributed by atoms with van der Waals surface area (Å²) in [6.45, 7) is -0.0369. The minimum Gasteiger partial charge on any atom is -0.481 e. The van der Waals surface area contributed by atoms with Gasteiger partial charge < -0.3 is 25.3 Å². The molecular formula is C12H14N2O7. The second-order valence-electron chi connectivity index (χ2n) is 4.04. The van der Waals surface area contributed by atoms with Crippen molar-refractivity contribution in [2.75, 3.05) is 6.54 Å². The van der Waals surface area contributed by atoms with Gasteiger partial charge in [0.1, 0.15) is 6.04 Å². The Hall–Kier alpha value is -2.84. The summed E-state index contributed by atoms with van der Waals surface area (Å²) in [4.78, 5) is 44.1. The Morgan fingerprint density at radius 2 is 1.95 bits per heavy atom. The number of nitrogens with one attached hydrogen (secondary N) is 2. The molecule has 114 valence electrons. The maximum absolute atomic E-state index is 11.5. The van der Waals surface area contributed by atoms with Crippen LogP contribution in [0.15, 0.2) is 22.8 Å². The van der Waals surface area contributed by atoms with Crippen molar-refractivity contribution in [3.05, 3.63) is 24.2 Å². The van der Waals surface area contributed by atoms with E-state index >= 15 is 0 Å². The van der Waals surface area contributed by atoms with Crippen molar-refractivity contribution in [1.82, 2.24) is 10.6 Å². The molecule has 0 aromatic carbocycles. The summed E-state index contributed by atoms with van der Waals surface area (Å²) in [5.74, 6) is -3.87.